The summed E-state index contributed by atoms with van der Waals surface area (Å²) in [5.41, 5.74) is 0. The van der Waals surface area contributed by atoms with Crippen molar-refractivity contribution in [2.24, 2.45) is 11.8 Å². The van der Waals surface area contributed by atoms with Crippen molar-refractivity contribution in [3.05, 3.63) is 0 Å². The Hall–Kier alpha value is -1.10. The molecule has 1 rings (SSSR count). The van der Waals surface area contributed by atoms with Crippen LogP contribution in [0.4, 0.5) is 0 Å². The molecule has 1 amide bonds. The molecule has 0 spiro atoms. The largest absolute Gasteiger partial charge is 0.481 e. The first kappa shape index (κ1) is 17.0. The summed E-state index contributed by atoms with van der Waals surface area (Å²) in [5, 5.41) is 11.8. The molecular formula is C15H28N2O3. The van der Waals surface area contributed by atoms with Crippen LogP contribution in [0.1, 0.15) is 46.5 Å². The average Bonchev–Trinajstić information content (AvgIpc) is 2.39. The van der Waals surface area contributed by atoms with E-state index in [0.29, 0.717) is 31.5 Å². The van der Waals surface area contributed by atoms with Gasteiger partial charge in [0.05, 0.1) is 13.0 Å². The molecule has 0 aromatic rings. The molecule has 3 atom stereocenters. The molecule has 0 radical (unpaired) electrons. The zero-order valence-electron chi connectivity index (χ0n) is 12.9. The molecule has 116 valence electrons. The maximum absolute atomic E-state index is 12.1. The SMILES string of the molecule is CCN(CCC(=O)O)CC(=O)NC1CCCC(C)C1C. The van der Waals surface area contributed by atoms with Crippen LogP contribution in [0.3, 0.4) is 0 Å². The number of hydrogen-bond donors (Lipinski definition) is 2. The van der Waals surface area contributed by atoms with E-state index >= 15 is 0 Å². The van der Waals surface area contributed by atoms with Crippen molar-refractivity contribution in [1.29, 1.82) is 0 Å². The number of nitrogens with one attached hydrogen (secondary N) is 1. The molecule has 0 aromatic heterocycles. The summed E-state index contributed by atoms with van der Waals surface area (Å²) in [6.07, 6.45) is 3.55. The van der Waals surface area contributed by atoms with Crippen molar-refractivity contribution in [3.63, 3.8) is 0 Å². The van der Waals surface area contributed by atoms with Crippen LogP contribution in [0.2, 0.25) is 0 Å². The van der Waals surface area contributed by atoms with E-state index in [-0.39, 0.29) is 18.4 Å². The van der Waals surface area contributed by atoms with Gasteiger partial charge in [-0.2, -0.15) is 0 Å². The second-order valence-electron chi connectivity index (χ2n) is 5.95. The normalized spacial score (nSPS) is 26.5. The molecular weight excluding hydrogens is 256 g/mol. The number of carbonyl (C=O) groups excluding carboxylic acids is 1. The Morgan fingerprint density at radius 2 is 2.00 bits per heavy atom. The smallest absolute Gasteiger partial charge is 0.304 e. The molecule has 1 fully saturated rings. The lowest BCUT2D eigenvalue weighted by molar-refractivity contribution is -0.137. The number of rotatable bonds is 7. The first-order valence-electron chi connectivity index (χ1n) is 7.67. The summed E-state index contributed by atoms with van der Waals surface area (Å²) >= 11 is 0. The Morgan fingerprint density at radius 1 is 1.30 bits per heavy atom. The van der Waals surface area contributed by atoms with Crippen LogP contribution in [0, 0.1) is 11.8 Å². The number of amides is 1. The summed E-state index contributed by atoms with van der Waals surface area (Å²) in [5.74, 6) is 0.368. The highest BCUT2D eigenvalue weighted by molar-refractivity contribution is 5.78. The first-order valence-corrected chi connectivity index (χ1v) is 7.67. The van der Waals surface area contributed by atoms with Crippen LogP contribution in [-0.2, 0) is 9.59 Å². The van der Waals surface area contributed by atoms with Gasteiger partial charge in [0, 0.05) is 12.6 Å². The van der Waals surface area contributed by atoms with Gasteiger partial charge in [0.15, 0.2) is 0 Å². The first-order chi connectivity index (χ1) is 9.43. The number of aliphatic carboxylic acids is 1. The fraction of sp³-hybridized carbons (Fsp3) is 0.867. The standard InChI is InChI=1S/C15H28N2O3/c1-4-17(9-8-15(19)20)10-14(18)16-13-7-5-6-11(2)12(13)3/h11-13H,4-10H2,1-3H3,(H,16,18)(H,19,20). The fourth-order valence-electron chi connectivity index (χ4n) is 2.84. The van der Waals surface area contributed by atoms with Crippen molar-refractivity contribution >= 4 is 11.9 Å². The topological polar surface area (TPSA) is 69.6 Å². The highest BCUT2D eigenvalue weighted by Gasteiger charge is 2.28. The Morgan fingerprint density at radius 3 is 2.60 bits per heavy atom. The third kappa shape index (κ3) is 5.49. The van der Waals surface area contributed by atoms with Gasteiger partial charge in [-0.1, -0.05) is 33.6 Å². The Balaban J connectivity index is 2.39. The molecule has 5 heteroatoms. The highest BCUT2D eigenvalue weighted by Crippen LogP contribution is 2.29. The lowest BCUT2D eigenvalue weighted by Gasteiger charge is -2.35. The molecule has 0 aliphatic heterocycles. The Bertz CT molecular complexity index is 333. The predicted molar refractivity (Wildman–Crippen MR) is 78.5 cm³/mol. The van der Waals surface area contributed by atoms with Crippen LogP contribution in [0.15, 0.2) is 0 Å². The second-order valence-corrected chi connectivity index (χ2v) is 5.95. The minimum atomic E-state index is -0.821. The van der Waals surface area contributed by atoms with Crippen LogP contribution < -0.4 is 5.32 Å². The molecule has 0 saturated heterocycles. The van der Waals surface area contributed by atoms with Gasteiger partial charge in [-0.25, -0.2) is 0 Å². The molecule has 3 unspecified atom stereocenters. The van der Waals surface area contributed by atoms with E-state index in [4.69, 9.17) is 5.11 Å². The quantitative estimate of drug-likeness (QED) is 0.747. The summed E-state index contributed by atoms with van der Waals surface area (Å²) in [6.45, 7) is 7.81. The van der Waals surface area contributed by atoms with E-state index in [2.05, 4.69) is 19.2 Å². The molecule has 2 N–H and O–H groups in total. The molecule has 1 aliphatic rings. The molecule has 20 heavy (non-hydrogen) atoms. The molecule has 0 aromatic carbocycles. The van der Waals surface area contributed by atoms with Gasteiger partial charge in [-0.05, 0) is 24.8 Å². The van der Waals surface area contributed by atoms with E-state index in [1.54, 1.807) is 0 Å². The van der Waals surface area contributed by atoms with Crippen LogP contribution in [0.25, 0.3) is 0 Å². The van der Waals surface area contributed by atoms with Crippen molar-refractivity contribution in [1.82, 2.24) is 10.2 Å². The third-order valence-electron chi connectivity index (χ3n) is 4.51. The molecule has 0 heterocycles. The number of hydrogen-bond acceptors (Lipinski definition) is 3. The van der Waals surface area contributed by atoms with Crippen LogP contribution in [0.5, 0.6) is 0 Å². The lowest BCUT2D eigenvalue weighted by Crippen LogP contribution is -2.47. The van der Waals surface area contributed by atoms with Gasteiger partial charge in [-0.3, -0.25) is 14.5 Å². The van der Waals surface area contributed by atoms with E-state index in [0.717, 1.165) is 6.42 Å². The molecule has 5 nitrogen and oxygen atoms in total. The van der Waals surface area contributed by atoms with Gasteiger partial charge in [0.2, 0.25) is 5.91 Å². The Labute approximate surface area is 121 Å². The predicted octanol–water partition coefficient (Wildman–Crippen LogP) is 1.72. The van der Waals surface area contributed by atoms with Gasteiger partial charge in [0.1, 0.15) is 0 Å². The van der Waals surface area contributed by atoms with Gasteiger partial charge in [-0.15, -0.1) is 0 Å². The third-order valence-corrected chi connectivity index (χ3v) is 4.51. The summed E-state index contributed by atoms with van der Waals surface area (Å²) in [4.78, 5) is 24.5. The number of carboxylic acid groups (broad SMARTS) is 1. The van der Waals surface area contributed by atoms with Gasteiger partial charge < -0.3 is 10.4 Å². The van der Waals surface area contributed by atoms with E-state index < -0.39 is 5.97 Å². The van der Waals surface area contributed by atoms with Crippen molar-refractivity contribution < 1.29 is 14.7 Å². The minimum Gasteiger partial charge on any atom is -0.481 e. The van der Waals surface area contributed by atoms with Crippen molar-refractivity contribution in [2.75, 3.05) is 19.6 Å². The number of carbonyl (C=O) groups is 2. The number of nitrogens with zero attached hydrogens (tertiary/aromatic N) is 1. The second kappa shape index (κ2) is 8.25. The lowest BCUT2D eigenvalue weighted by atomic mass is 9.78. The molecule has 1 saturated carbocycles. The fourth-order valence-corrected chi connectivity index (χ4v) is 2.84. The monoisotopic (exact) mass is 284 g/mol. The van der Waals surface area contributed by atoms with Gasteiger partial charge in [0.25, 0.3) is 0 Å². The van der Waals surface area contributed by atoms with E-state index in [9.17, 15) is 9.59 Å². The van der Waals surface area contributed by atoms with Crippen LogP contribution >= 0.6 is 0 Å². The van der Waals surface area contributed by atoms with Crippen molar-refractivity contribution in [2.45, 2.75) is 52.5 Å². The number of carboxylic acids is 1. The Kier molecular flexibility index (Phi) is 6.99. The highest BCUT2D eigenvalue weighted by atomic mass is 16.4. The minimum absolute atomic E-state index is 0.0168. The van der Waals surface area contributed by atoms with E-state index in [1.807, 2.05) is 11.8 Å². The molecule has 0 bridgehead atoms. The van der Waals surface area contributed by atoms with Crippen molar-refractivity contribution in [3.8, 4) is 0 Å². The zero-order valence-corrected chi connectivity index (χ0v) is 12.9. The number of likely N-dealkylation sites (N-methyl/N-ethyl adjacent to an activating group) is 1. The maximum atomic E-state index is 12.1. The average molecular weight is 284 g/mol. The maximum Gasteiger partial charge on any atom is 0.304 e. The van der Waals surface area contributed by atoms with E-state index in [1.165, 1.54) is 12.8 Å². The zero-order chi connectivity index (χ0) is 15.1. The summed E-state index contributed by atoms with van der Waals surface area (Å²) < 4.78 is 0. The van der Waals surface area contributed by atoms with Crippen LogP contribution in [-0.4, -0.2) is 47.6 Å². The summed E-state index contributed by atoms with van der Waals surface area (Å²) in [7, 11) is 0. The molecule has 1 aliphatic carbocycles. The van der Waals surface area contributed by atoms with Gasteiger partial charge >= 0.3 is 5.97 Å². The summed E-state index contributed by atoms with van der Waals surface area (Å²) in [6, 6.07) is 0.268.